The Morgan fingerprint density at radius 1 is 0.346 bits per heavy atom. The van der Waals surface area contributed by atoms with Crippen LogP contribution in [0.3, 0.4) is 0 Å². The quantitative estimate of drug-likeness (QED) is 0.0121. The standard InChI is InChI=1S/C78H148N4O20P2/c1-7-13-19-25-27-29-31-37-43-49-77(89)101-71(47-41-35-23-17-11-5)61-75(87)81-67(63-95-57-53-69(83)45-39-33-21-15-9-3)65-99-103(91,92)97-59-55-79-73(85)51-52-74(86)80-56-60-98-104(93,94)100-66-68(64-96-58-54-70(84)46-40-34-22-16-10-4)82-76(88)62-72(48-42-36-24-18-12-6)102-78(90)50-44-38-32-30-28-26-20-14-8-2/h29-32,67-72,83-84H,7-28,33-66H2,1-6H3,(H,79,85)(H,80,86)(H,81,87)(H,82,88)(H,91,92)(H,93,94)/b31-29-,32-30-/t67?,68?,69?,70?,71-,72-/m1/s1. The van der Waals surface area contributed by atoms with E-state index in [1.54, 1.807) is 0 Å². The number of phosphoric ester groups is 2. The Morgan fingerprint density at radius 2 is 0.654 bits per heavy atom. The topological polar surface area (TPSA) is 339 Å². The summed E-state index contributed by atoms with van der Waals surface area (Å²) in [7, 11) is -9.55. The maximum absolute atomic E-state index is 13.7. The molecule has 0 rings (SSSR count). The fraction of sp³-hybridized carbons (Fsp3) is 0.872. The van der Waals surface area contributed by atoms with E-state index in [2.05, 4.69) is 87.1 Å². The second kappa shape index (κ2) is 71.0. The highest BCUT2D eigenvalue weighted by atomic mass is 31.2. The minimum absolute atomic E-state index is 0.135. The van der Waals surface area contributed by atoms with Gasteiger partial charge in [0.25, 0.3) is 0 Å². The summed E-state index contributed by atoms with van der Waals surface area (Å²) in [6, 6.07) is -1.89. The monoisotopic (exact) mass is 1520 g/mol. The van der Waals surface area contributed by atoms with E-state index in [1.165, 1.54) is 38.5 Å². The van der Waals surface area contributed by atoms with Crippen LogP contribution in [0.15, 0.2) is 24.3 Å². The summed E-state index contributed by atoms with van der Waals surface area (Å²) in [5.41, 5.74) is 0. The Labute approximate surface area is 628 Å². The predicted molar refractivity (Wildman–Crippen MR) is 411 cm³/mol. The summed E-state index contributed by atoms with van der Waals surface area (Å²) in [4.78, 5) is 100. The summed E-state index contributed by atoms with van der Waals surface area (Å²) >= 11 is 0. The van der Waals surface area contributed by atoms with Crippen molar-refractivity contribution in [1.82, 2.24) is 21.3 Å². The van der Waals surface area contributed by atoms with Crippen molar-refractivity contribution in [1.29, 1.82) is 0 Å². The van der Waals surface area contributed by atoms with E-state index in [1.807, 2.05) is 0 Å². The molecule has 26 heteroatoms. The molecule has 610 valence electrons. The zero-order valence-electron chi connectivity index (χ0n) is 65.6. The average Bonchev–Trinajstić information content (AvgIpc) is 1.50. The number of hydrogen-bond donors (Lipinski definition) is 8. The third kappa shape index (κ3) is 67.7. The first kappa shape index (κ1) is 100. The number of carbonyl (C=O) groups is 6. The molecule has 6 unspecified atom stereocenters. The van der Waals surface area contributed by atoms with Gasteiger partial charge in [0.15, 0.2) is 0 Å². The van der Waals surface area contributed by atoms with Crippen LogP contribution < -0.4 is 21.3 Å². The van der Waals surface area contributed by atoms with Gasteiger partial charge in [0.2, 0.25) is 23.6 Å². The molecule has 0 heterocycles. The fourth-order valence-electron chi connectivity index (χ4n) is 11.4. The summed E-state index contributed by atoms with van der Waals surface area (Å²) in [6.45, 7) is 10.5. The maximum Gasteiger partial charge on any atom is 0.472 e. The molecule has 0 aliphatic carbocycles. The number of esters is 2. The second-order valence-corrected chi connectivity index (χ2v) is 30.7. The lowest BCUT2D eigenvalue weighted by molar-refractivity contribution is -0.152. The Hall–Kier alpha value is -3.64. The number of allylic oxidation sites excluding steroid dienone is 4. The number of amides is 4. The molecule has 0 bridgehead atoms. The van der Waals surface area contributed by atoms with Gasteiger partial charge in [-0.1, -0.05) is 220 Å². The van der Waals surface area contributed by atoms with Gasteiger partial charge in [-0.2, -0.15) is 0 Å². The molecule has 0 aromatic carbocycles. The van der Waals surface area contributed by atoms with E-state index in [0.29, 0.717) is 51.4 Å². The van der Waals surface area contributed by atoms with E-state index in [-0.39, 0.29) is 90.0 Å². The van der Waals surface area contributed by atoms with Crippen molar-refractivity contribution in [3.63, 3.8) is 0 Å². The minimum atomic E-state index is -4.77. The van der Waals surface area contributed by atoms with Gasteiger partial charge in [-0.3, -0.25) is 46.9 Å². The number of phosphoric acid groups is 2. The lowest BCUT2D eigenvalue weighted by atomic mass is 10.1. The zero-order chi connectivity index (χ0) is 76.8. The van der Waals surface area contributed by atoms with Gasteiger partial charge >= 0.3 is 27.6 Å². The van der Waals surface area contributed by atoms with Gasteiger partial charge < -0.3 is 60.2 Å². The van der Waals surface area contributed by atoms with Crippen LogP contribution in [-0.2, 0) is 74.9 Å². The van der Waals surface area contributed by atoms with Gasteiger partial charge in [0, 0.05) is 52.0 Å². The number of unbranched alkanes of at least 4 members (excludes halogenated alkanes) is 26. The highest BCUT2D eigenvalue weighted by molar-refractivity contribution is 7.47. The molecule has 0 radical (unpaired) electrons. The van der Waals surface area contributed by atoms with Crippen LogP contribution in [0.4, 0.5) is 0 Å². The van der Waals surface area contributed by atoms with Crippen molar-refractivity contribution >= 4 is 51.2 Å². The fourth-order valence-corrected chi connectivity index (χ4v) is 12.9. The van der Waals surface area contributed by atoms with E-state index in [9.17, 15) is 57.9 Å². The number of nitrogens with one attached hydrogen (secondary N) is 4. The molecular weight excluding hydrogens is 1370 g/mol. The maximum atomic E-state index is 13.7. The molecule has 0 saturated carbocycles. The first-order valence-electron chi connectivity index (χ1n) is 40.8. The Balaban J connectivity index is 5.55. The molecule has 0 saturated heterocycles. The predicted octanol–water partition coefficient (Wildman–Crippen LogP) is 16.2. The second-order valence-electron chi connectivity index (χ2n) is 27.8. The van der Waals surface area contributed by atoms with Crippen LogP contribution >= 0.6 is 15.6 Å². The summed E-state index contributed by atoms with van der Waals surface area (Å²) in [5, 5.41) is 31.8. The van der Waals surface area contributed by atoms with E-state index in [4.69, 9.17) is 37.0 Å². The first-order chi connectivity index (χ1) is 50.2. The Morgan fingerprint density at radius 3 is 0.990 bits per heavy atom. The van der Waals surface area contributed by atoms with Crippen LogP contribution in [0.2, 0.25) is 0 Å². The van der Waals surface area contributed by atoms with Crippen LogP contribution in [0.1, 0.15) is 337 Å². The zero-order valence-corrected chi connectivity index (χ0v) is 67.4. The van der Waals surface area contributed by atoms with Gasteiger partial charge in [-0.25, -0.2) is 9.13 Å². The third-order valence-electron chi connectivity index (χ3n) is 17.6. The van der Waals surface area contributed by atoms with Crippen LogP contribution in [0, 0.1) is 0 Å². The Kier molecular flexibility index (Phi) is 68.5. The van der Waals surface area contributed by atoms with Gasteiger partial charge in [0.05, 0.1) is 76.8 Å². The van der Waals surface area contributed by atoms with E-state index >= 15 is 0 Å². The minimum Gasteiger partial charge on any atom is -0.462 e. The molecule has 8 atom stereocenters. The van der Waals surface area contributed by atoms with Crippen molar-refractivity contribution in [2.24, 2.45) is 0 Å². The van der Waals surface area contributed by atoms with E-state index in [0.717, 1.165) is 167 Å². The van der Waals surface area contributed by atoms with Crippen molar-refractivity contribution in [2.45, 2.75) is 373 Å². The molecule has 24 nitrogen and oxygen atoms in total. The van der Waals surface area contributed by atoms with Gasteiger partial charge in [0.1, 0.15) is 12.2 Å². The number of carbonyl (C=O) groups excluding carboxylic acids is 6. The SMILES string of the molecule is CCCCCC/C=C\CCCC(=O)O[C@H](CCCCCCC)CC(=O)NC(COCCC(O)CCCCCCC)COP(=O)(O)OCCNC(=O)CCC(=O)NCCOP(=O)(O)OCC(COCCC(O)CCCCCCC)NC(=O)C[C@@H](CCCCCCC)OC(=O)CCC/C=C\CCCCCC. The Bertz CT molecular complexity index is 2120. The number of aliphatic hydroxyl groups is 2. The average molecular weight is 1520 g/mol. The van der Waals surface area contributed by atoms with Crippen molar-refractivity contribution in [3.05, 3.63) is 24.3 Å². The third-order valence-corrected chi connectivity index (χ3v) is 19.6. The van der Waals surface area contributed by atoms with Crippen molar-refractivity contribution in [3.8, 4) is 0 Å². The first-order valence-corrected chi connectivity index (χ1v) is 43.8. The number of hydrogen-bond acceptors (Lipinski definition) is 18. The summed E-state index contributed by atoms with van der Waals surface area (Å²) in [6.07, 6.45) is 43.0. The normalized spacial score (nSPS) is 14.7. The molecule has 0 fully saturated rings. The van der Waals surface area contributed by atoms with Gasteiger partial charge in [-0.05, 0) is 103 Å². The van der Waals surface area contributed by atoms with Crippen molar-refractivity contribution in [2.75, 3.05) is 65.9 Å². The largest absolute Gasteiger partial charge is 0.472 e. The molecule has 0 aliphatic heterocycles. The summed E-state index contributed by atoms with van der Waals surface area (Å²) in [5.74, 6) is -2.89. The molecule has 0 aromatic heterocycles. The highest BCUT2D eigenvalue weighted by Gasteiger charge is 2.29. The molecule has 8 N–H and O–H groups in total. The van der Waals surface area contributed by atoms with Crippen LogP contribution in [-0.4, -0.2) is 158 Å². The van der Waals surface area contributed by atoms with Crippen LogP contribution in [0.5, 0.6) is 0 Å². The lowest BCUT2D eigenvalue weighted by Crippen LogP contribution is -2.43. The lowest BCUT2D eigenvalue weighted by Gasteiger charge is -2.23. The number of ether oxygens (including phenoxy) is 4. The summed E-state index contributed by atoms with van der Waals surface area (Å²) < 4.78 is 70.6. The van der Waals surface area contributed by atoms with Crippen LogP contribution in [0.25, 0.3) is 0 Å². The molecule has 0 aromatic rings. The molecule has 0 spiro atoms. The molecule has 0 aliphatic rings. The van der Waals surface area contributed by atoms with Gasteiger partial charge in [-0.15, -0.1) is 0 Å². The smallest absolute Gasteiger partial charge is 0.462 e. The molecular formula is C78H148N4O20P2. The number of rotatable bonds is 77. The molecule has 104 heavy (non-hydrogen) atoms. The van der Waals surface area contributed by atoms with E-state index < -0.39 is 102 Å². The molecule has 4 amide bonds. The highest BCUT2D eigenvalue weighted by Crippen LogP contribution is 2.44. The number of aliphatic hydroxyl groups excluding tert-OH is 2. The van der Waals surface area contributed by atoms with Crippen molar-refractivity contribution < 1.29 is 94.9 Å².